The number of hydrogen-bond acceptors (Lipinski definition) is 4. The van der Waals surface area contributed by atoms with E-state index in [1.54, 1.807) is 18.2 Å². The summed E-state index contributed by atoms with van der Waals surface area (Å²) in [5.41, 5.74) is 0.687. The minimum absolute atomic E-state index is 0.0858. The summed E-state index contributed by atoms with van der Waals surface area (Å²) < 4.78 is 22.4. The summed E-state index contributed by atoms with van der Waals surface area (Å²) in [7, 11) is -3.82. The van der Waals surface area contributed by atoms with Gasteiger partial charge in [-0.2, -0.15) is 5.26 Å². The van der Waals surface area contributed by atoms with Gasteiger partial charge in [0.1, 0.15) is 11.6 Å². The van der Waals surface area contributed by atoms with Crippen LogP contribution in [0.1, 0.15) is 5.56 Å². The van der Waals surface area contributed by atoms with Crippen molar-refractivity contribution in [2.45, 2.75) is 4.90 Å². The zero-order valence-corrected chi connectivity index (χ0v) is 14.9. The van der Waals surface area contributed by atoms with Crippen LogP contribution in [0.25, 0.3) is 6.08 Å². The van der Waals surface area contributed by atoms with Gasteiger partial charge < -0.3 is 5.32 Å². The van der Waals surface area contributed by atoms with Gasteiger partial charge in [0.2, 0.25) is 10.0 Å². The monoisotopic (exact) mass is 395 g/mol. The average molecular weight is 396 g/mol. The number of nitrogens with zero attached hydrogens (tertiary/aromatic N) is 1. The van der Waals surface area contributed by atoms with Crippen LogP contribution in [0.2, 0.25) is 10.0 Å². The molecule has 0 heterocycles. The van der Waals surface area contributed by atoms with Crippen LogP contribution in [0.15, 0.2) is 52.9 Å². The fraction of sp³-hybridized carbons (Fsp3) is 0. The fourth-order valence-electron chi connectivity index (χ4n) is 1.84. The second-order valence-electron chi connectivity index (χ2n) is 4.87. The highest BCUT2D eigenvalue weighted by Gasteiger charge is 2.12. The molecule has 0 aliphatic heterocycles. The van der Waals surface area contributed by atoms with Crippen LogP contribution in [0, 0.1) is 11.3 Å². The number of nitrogens with two attached hydrogens (primary N) is 1. The molecule has 0 unspecified atom stereocenters. The standard InChI is InChI=1S/C16H11Cl2N3O3S/c17-14-6-1-10(8-15(14)18)7-11(9-19)16(22)21-12-2-4-13(5-3-12)25(20,23)24/h1-8H,(H,21,22)(H2,20,23,24)/b11-7+. The van der Waals surface area contributed by atoms with Gasteiger partial charge in [-0.05, 0) is 48.0 Å². The van der Waals surface area contributed by atoms with E-state index in [9.17, 15) is 18.5 Å². The topological polar surface area (TPSA) is 113 Å². The molecule has 3 N–H and O–H groups in total. The Labute approximate surface area is 154 Å². The lowest BCUT2D eigenvalue weighted by Gasteiger charge is -2.05. The highest BCUT2D eigenvalue weighted by Crippen LogP contribution is 2.24. The number of anilines is 1. The summed E-state index contributed by atoms with van der Waals surface area (Å²) in [6, 6.07) is 11.7. The van der Waals surface area contributed by atoms with E-state index < -0.39 is 15.9 Å². The Kier molecular flexibility index (Phi) is 5.82. The van der Waals surface area contributed by atoms with Gasteiger partial charge in [-0.1, -0.05) is 29.3 Å². The molecule has 1 amide bonds. The second kappa shape index (κ2) is 7.68. The van der Waals surface area contributed by atoms with Crippen LogP contribution in [-0.4, -0.2) is 14.3 Å². The first-order chi connectivity index (χ1) is 11.7. The number of sulfonamides is 1. The number of amides is 1. The number of nitrogens with one attached hydrogen (secondary N) is 1. The number of benzene rings is 2. The summed E-state index contributed by atoms with van der Waals surface area (Å²) in [5.74, 6) is -0.656. The van der Waals surface area contributed by atoms with Crippen molar-refractivity contribution in [3.05, 3.63) is 63.6 Å². The molecule has 0 radical (unpaired) electrons. The smallest absolute Gasteiger partial charge is 0.266 e. The third-order valence-corrected chi connectivity index (χ3v) is 4.73. The maximum Gasteiger partial charge on any atom is 0.266 e. The molecule has 128 valence electrons. The van der Waals surface area contributed by atoms with Gasteiger partial charge in [0.05, 0.1) is 14.9 Å². The summed E-state index contributed by atoms with van der Waals surface area (Å²) in [6.07, 6.45) is 1.36. The van der Waals surface area contributed by atoms with Gasteiger partial charge in [0.25, 0.3) is 5.91 Å². The van der Waals surface area contributed by atoms with Crippen molar-refractivity contribution in [2.75, 3.05) is 5.32 Å². The Morgan fingerprint density at radius 3 is 2.28 bits per heavy atom. The highest BCUT2D eigenvalue weighted by molar-refractivity contribution is 7.89. The lowest BCUT2D eigenvalue weighted by Crippen LogP contribution is -2.14. The van der Waals surface area contributed by atoms with E-state index in [4.69, 9.17) is 28.3 Å². The molecule has 2 aromatic carbocycles. The molecule has 0 aliphatic carbocycles. The Morgan fingerprint density at radius 2 is 1.76 bits per heavy atom. The first-order valence-corrected chi connectivity index (χ1v) is 9.02. The van der Waals surface area contributed by atoms with Crippen molar-refractivity contribution in [3.8, 4) is 6.07 Å². The molecule has 0 fully saturated rings. The maximum absolute atomic E-state index is 12.2. The summed E-state index contributed by atoms with van der Waals surface area (Å²) >= 11 is 11.7. The SMILES string of the molecule is N#C/C(=C\c1ccc(Cl)c(Cl)c1)C(=O)Nc1ccc(S(N)(=O)=O)cc1. The predicted molar refractivity (Wildman–Crippen MR) is 96.5 cm³/mol. The van der Waals surface area contributed by atoms with E-state index >= 15 is 0 Å². The lowest BCUT2D eigenvalue weighted by atomic mass is 10.1. The summed E-state index contributed by atoms with van der Waals surface area (Å²) in [5, 5.41) is 17.3. The number of carbonyl (C=O) groups excluding carboxylic acids is 1. The number of carbonyl (C=O) groups is 1. The third kappa shape index (κ3) is 5.05. The minimum atomic E-state index is -3.82. The molecule has 0 spiro atoms. The first kappa shape index (κ1) is 19.0. The van der Waals surface area contributed by atoms with Crippen molar-refractivity contribution in [1.29, 1.82) is 5.26 Å². The molecule has 0 aliphatic rings. The molecule has 0 atom stereocenters. The molecular weight excluding hydrogens is 385 g/mol. The van der Waals surface area contributed by atoms with Crippen LogP contribution in [0.5, 0.6) is 0 Å². The van der Waals surface area contributed by atoms with Crippen molar-refractivity contribution in [3.63, 3.8) is 0 Å². The van der Waals surface area contributed by atoms with Crippen LogP contribution in [0.4, 0.5) is 5.69 Å². The number of rotatable bonds is 4. The Balaban J connectivity index is 2.21. The van der Waals surface area contributed by atoms with E-state index in [-0.39, 0.29) is 10.5 Å². The zero-order valence-electron chi connectivity index (χ0n) is 12.5. The molecule has 0 saturated heterocycles. The van der Waals surface area contributed by atoms with Gasteiger partial charge in [0.15, 0.2) is 0 Å². The number of primary sulfonamides is 1. The Hall–Kier alpha value is -2.37. The summed E-state index contributed by atoms with van der Waals surface area (Å²) in [6.45, 7) is 0. The van der Waals surface area contributed by atoms with Gasteiger partial charge in [-0.3, -0.25) is 4.79 Å². The second-order valence-corrected chi connectivity index (χ2v) is 7.24. The van der Waals surface area contributed by atoms with Gasteiger partial charge in [-0.15, -0.1) is 0 Å². The average Bonchev–Trinajstić information content (AvgIpc) is 2.55. The largest absolute Gasteiger partial charge is 0.321 e. The number of halogens is 2. The predicted octanol–water partition coefficient (Wildman–Crippen LogP) is 3.19. The van der Waals surface area contributed by atoms with E-state index in [1.807, 2.05) is 0 Å². The van der Waals surface area contributed by atoms with E-state index in [0.29, 0.717) is 21.3 Å². The van der Waals surface area contributed by atoms with Crippen molar-refractivity contribution < 1.29 is 13.2 Å². The van der Waals surface area contributed by atoms with Crippen molar-refractivity contribution in [2.24, 2.45) is 5.14 Å². The van der Waals surface area contributed by atoms with Crippen LogP contribution >= 0.6 is 23.2 Å². The summed E-state index contributed by atoms with van der Waals surface area (Å²) in [4.78, 5) is 12.1. The molecule has 9 heteroatoms. The lowest BCUT2D eigenvalue weighted by molar-refractivity contribution is -0.112. The van der Waals surface area contributed by atoms with Gasteiger partial charge in [0, 0.05) is 5.69 Å². The number of hydrogen-bond donors (Lipinski definition) is 2. The quantitative estimate of drug-likeness (QED) is 0.610. The highest BCUT2D eigenvalue weighted by atomic mass is 35.5. The molecule has 0 bridgehead atoms. The Morgan fingerprint density at radius 1 is 1.12 bits per heavy atom. The Bertz CT molecular complexity index is 994. The molecule has 25 heavy (non-hydrogen) atoms. The molecule has 0 aromatic heterocycles. The van der Waals surface area contributed by atoms with Crippen molar-refractivity contribution >= 4 is 50.9 Å². The fourth-order valence-corrected chi connectivity index (χ4v) is 2.67. The number of nitriles is 1. The first-order valence-electron chi connectivity index (χ1n) is 6.72. The van der Waals surface area contributed by atoms with E-state index in [2.05, 4.69) is 5.32 Å². The zero-order chi connectivity index (χ0) is 18.6. The van der Waals surface area contributed by atoms with Crippen LogP contribution < -0.4 is 10.5 Å². The normalized spacial score (nSPS) is 11.7. The van der Waals surface area contributed by atoms with Crippen molar-refractivity contribution in [1.82, 2.24) is 0 Å². The molecule has 2 rings (SSSR count). The van der Waals surface area contributed by atoms with Crippen LogP contribution in [-0.2, 0) is 14.8 Å². The maximum atomic E-state index is 12.2. The molecule has 6 nitrogen and oxygen atoms in total. The van der Waals surface area contributed by atoms with E-state index in [1.165, 1.54) is 36.4 Å². The molecule has 2 aromatic rings. The minimum Gasteiger partial charge on any atom is -0.321 e. The molecular formula is C16H11Cl2N3O3S. The van der Waals surface area contributed by atoms with Gasteiger partial charge in [-0.25, -0.2) is 13.6 Å². The van der Waals surface area contributed by atoms with Crippen LogP contribution in [0.3, 0.4) is 0 Å². The molecule has 0 saturated carbocycles. The third-order valence-electron chi connectivity index (χ3n) is 3.06. The van der Waals surface area contributed by atoms with Gasteiger partial charge >= 0.3 is 0 Å². The van der Waals surface area contributed by atoms with E-state index in [0.717, 1.165) is 0 Å².